The molecule has 2 aromatic carbocycles. The van der Waals surface area contributed by atoms with Crippen LogP contribution in [0.3, 0.4) is 0 Å². The molecule has 6 N–H and O–H groups in total. The van der Waals surface area contributed by atoms with Crippen molar-refractivity contribution < 1.29 is 0 Å². The van der Waals surface area contributed by atoms with Crippen molar-refractivity contribution in [3.05, 3.63) is 71.8 Å². The standard InChI is InChI=1S/C22H35N5/c23-22(17-20-7-3-1-4-8-20)19-27-16-14-25-12-11-24-13-15-26-18-21-9-5-2-6-10-21/h1-10,22,24-27H,11-19,23H2. The number of hydrogen-bond acceptors (Lipinski definition) is 5. The van der Waals surface area contributed by atoms with Gasteiger partial charge in [-0.3, -0.25) is 0 Å². The van der Waals surface area contributed by atoms with Gasteiger partial charge in [0.2, 0.25) is 0 Å². The number of rotatable bonds is 15. The summed E-state index contributed by atoms with van der Waals surface area (Å²) in [7, 11) is 0. The van der Waals surface area contributed by atoms with Crippen LogP contribution < -0.4 is 27.0 Å². The molecule has 0 fully saturated rings. The Morgan fingerprint density at radius 3 is 1.67 bits per heavy atom. The maximum atomic E-state index is 6.16. The second kappa shape index (κ2) is 14.3. The van der Waals surface area contributed by atoms with Gasteiger partial charge in [0.05, 0.1) is 0 Å². The van der Waals surface area contributed by atoms with Crippen LogP contribution in [0.2, 0.25) is 0 Å². The molecule has 0 aliphatic rings. The molecule has 2 aromatic rings. The van der Waals surface area contributed by atoms with Crippen molar-refractivity contribution >= 4 is 0 Å². The Morgan fingerprint density at radius 1 is 0.593 bits per heavy atom. The van der Waals surface area contributed by atoms with Crippen LogP contribution in [0.4, 0.5) is 0 Å². The molecule has 0 aliphatic heterocycles. The van der Waals surface area contributed by atoms with Crippen LogP contribution in [0.15, 0.2) is 60.7 Å². The van der Waals surface area contributed by atoms with E-state index in [1.165, 1.54) is 11.1 Å². The van der Waals surface area contributed by atoms with Crippen LogP contribution in [0.25, 0.3) is 0 Å². The molecule has 0 spiro atoms. The van der Waals surface area contributed by atoms with E-state index in [-0.39, 0.29) is 6.04 Å². The van der Waals surface area contributed by atoms with Crippen LogP contribution in [-0.4, -0.2) is 51.9 Å². The first-order chi connectivity index (χ1) is 13.3. The van der Waals surface area contributed by atoms with Crippen molar-refractivity contribution in [1.82, 2.24) is 21.3 Å². The third-order valence-electron chi connectivity index (χ3n) is 4.35. The van der Waals surface area contributed by atoms with Crippen molar-refractivity contribution in [2.24, 2.45) is 5.73 Å². The summed E-state index contributed by atoms with van der Waals surface area (Å²) >= 11 is 0. The van der Waals surface area contributed by atoms with E-state index in [9.17, 15) is 0 Å². The van der Waals surface area contributed by atoms with Gasteiger partial charge < -0.3 is 27.0 Å². The average molecular weight is 370 g/mol. The van der Waals surface area contributed by atoms with Crippen LogP contribution >= 0.6 is 0 Å². The number of hydrogen-bond donors (Lipinski definition) is 5. The second-order valence-corrected chi connectivity index (χ2v) is 6.82. The fourth-order valence-electron chi connectivity index (χ4n) is 2.89. The van der Waals surface area contributed by atoms with E-state index in [0.717, 1.165) is 58.8 Å². The van der Waals surface area contributed by atoms with Crippen molar-refractivity contribution in [2.75, 3.05) is 45.8 Å². The predicted octanol–water partition coefficient (Wildman–Crippen LogP) is 1.12. The summed E-state index contributed by atoms with van der Waals surface area (Å²) in [6, 6.07) is 21.1. The molecular weight excluding hydrogens is 334 g/mol. The van der Waals surface area contributed by atoms with E-state index in [1.807, 2.05) is 12.1 Å². The van der Waals surface area contributed by atoms with Crippen LogP contribution in [0.5, 0.6) is 0 Å². The van der Waals surface area contributed by atoms with Gasteiger partial charge in [-0.15, -0.1) is 0 Å². The molecule has 0 aromatic heterocycles. The monoisotopic (exact) mass is 369 g/mol. The summed E-state index contributed by atoms with van der Waals surface area (Å²) < 4.78 is 0. The van der Waals surface area contributed by atoms with Gasteiger partial charge in [-0.25, -0.2) is 0 Å². The minimum absolute atomic E-state index is 0.164. The average Bonchev–Trinajstić information content (AvgIpc) is 2.70. The molecule has 0 saturated heterocycles. The Morgan fingerprint density at radius 2 is 1.07 bits per heavy atom. The summed E-state index contributed by atoms with van der Waals surface area (Å²) in [5.41, 5.74) is 8.79. The lowest BCUT2D eigenvalue weighted by molar-refractivity contribution is 0.540. The highest BCUT2D eigenvalue weighted by atomic mass is 15.0. The lowest BCUT2D eigenvalue weighted by Gasteiger charge is -2.13. The van der Waals surface area contributed by atoms with Gasteiger partial charge >= 0.3 is 0 Å². The highest BCUT2D eigenvalue weighted by Crippen LogP contribution is 2.01. The van der Waals surface area contributed by atoms with Crippen molar-refractivity contribution in [1.29, 1.82) is 0 Å². The molecule has 0 amide bonds. The lowest BCUT2D eigenvalue weighted by atomic mass is 10.1. The van der Waals surface area contributed by atoms with Gasteiger partial charge in [0.25, 0.3) is 0 Å². The first-order valence-corrected chi connectivity index (χ1v) is 10.0. The van der Waals surface area contributed by atoms with Crippen LogP contribution in [0, 0.1) is 0 Å². The third kappa shape index (κ3) is 10.9. The number of nitrogens with two attached hydrogens (primary N) is 1. The predicted molar refractivity (Wildman–Crippen MR) is 115 cm³/mol. The van der Waals surface area contributed by atoms with Crippen LogP contribution in [0.1, 0.15) is 11.1 Å². The largest absolute Gasteiger partial charge is 0.326 e. The second-order valence-electron chi connectivity index (χ2n) is 6.82. The summed E-state index contributed by atoms with van der Waals surface area (Å²) in [5, 5.41) is 13.7. The Kier molecular flexibility index (Phi) is 11.4. The van der Waals surface area contributed by atoms with Crippen molar-refractivity contribution in [3.8, 4) is 0 Å². The molecule has 5 heteroatoms. The first-order valence-electron chi connectivity index (χ1n) is 10.0. The zero-order chi connectivity index (χ0) is 19.0. The SMILES string of the molecule is NC(CNCCNCCNCCNCc1ccccc1)Cc1ccccc1. The summed E-state index contributed by atoms with van der Waals surface area (Å²) in [6.45, 7) is 7.63. The Labute approximate surface area is 164 Å². The molecule has 1 unspecified atom stereocenters. The summed E-state index contributed by atoms with van der Waals surface area (Å²) in [4.78, 5) is 0. The smallest absolute Gasteiger partial charge is 0.0206 e. The van der Waals surface area contributed by atoms with E-state index >= 15 is 0 Å². The normalized spacial score (nSPS) is 12.2. The Hall–Kier alpha value is -1.76. The van der Waals surface area contributed by atoms with E-state index in [2.05, 4.69) is 69.8 Å². The molecule has 148 valence electrons. The quantitative estimate of drug-likeness (QED) is 0.304. The molecule has 27 heavy (non-hydrogen) atoms. The van der Waals surface area contributed by atoms with Gasteiger partial charge in [0.15, 0.2) is 0 Å². The Balaban J connectivity index is 1.32. The molecular formula is C22H35N5. The molecule has 0 aliphatic carbocycles. The number of nitrogens with one attached hydrogen (secondary N) is 4. The minimum Gasteiger partial charge on any atom is -0.326 e. The molecule has 0 saturated carbocycles. The highest BCUT2D eigenvalue weighted by Gasteiger charge is 2.02. The fourth-order valence-corrected chi connectivity index (χ4v) is 2.89. The molecule has 5 nitrogen and oxygen atoms in total. The molecule has 0 bridgehead atoms. The molecule has 2 rings (SSSR count). The third-order valence-corrected chi connectivity index (χ3v) is 4.35. The van der Waals surface area contributed by atoms with Crippen molar-refractivity contribution in [3.63, 3.8) is 0 Å². The molecule has 0 heterocycles. The molecule has 0 radical (unpaired) electrons. The van der Waals surface area contributed by atoms with Gasteiger partial charge in [-0.2, -0.15) is 0 Å². The minimum atomic E-state index is 0.164. The van der Waals surface area contributed by atoms with Gasteiger partial charge in [0, 0.05) is 58.4 Å². The maximum absolute atomic E-state index is 6.16. The zero-order valence-corrected chi connectivity index (χ0v) is 16.3. The lowest BCUT2D eigenvalue weighted by Crippen LogP contribution is -2.39. The van der Waals surface area contributed by atoms with Gasteiger partial charge in [-0.05, 0) is 17.5 Å². The van der Waals surface area contributed by atoms with Crippen LogP contribution in [-0.2, 0) is 13.0 Å². The van der Waals surface area contributed by atoms with E-state index in [0.29, 0.717) is 0 Å². The fraction of sp³-hybridized carbons (Fsp3) is 0.455. The number of benzene rings is 2. The highest BCUT2D eigenvalue weighted by molar-refractivity contribution is 5.16. The summed E-state index contributed by atoms with van der Waals surface area (Å²) in [5.74, 6) is 0. The van der Waals surface area contributed by atoms with Gasteiger partial charge in [0.1, 0.15) is 0 Å². The Bertz CT molecular complexity index is 576. The topological polar surface area (TPSA) is 74.1 Å². The summed E-state index contributed by atoms with van der Waals surface area (Å²) in [6.07, 6.45) is 0.920. The molecule has 1 atom stereocenters. The van der Waals surface area contributed by atoms with E-state index in [1.54, 1.807) is 0 Å². The maximum Gasteiger partial charge on any atom is 0.0206 e. The first kappa shape index (κ1) is 21.5. The van der Waals surface area contributed by atoms with E-state index < -0.39 is 0 Å². The zero-order valence-electron chi connectivity index (χ0n) is 16.3. The van der Waals surface area contributed by atoms with Crippen molar-refractivity contribution in [2.45, 2.75) is 19.0 Å². The van der Waals surface area contributed by atoms with E-state index in [4.69, 9.17) is 5.73 Å². The van der Waals surface area contributed by atoms with Gasteiger partial charge in [-0.1, -0.05) is 60.7 Å².